The molecule has 6 rings (SSSR count). The molecule has 0 aromatic heterocycles. The molecule has 5 atom stereocenters. The zero-order valence-electron chi connectivity index (χ0n) is 46.9. The highest BCUT2D eigenvalue weighted by atomic mass is 16.7. The van der Waals surface area contributed by atoms with Gasteiger partial charge in [-0.05, 0) is 59.7 Å². The molecule has 1 heterocycles. The maximum atomic E-state index is 15.1. The third-order valence-corrected chi connectivity index (χ3v) is 13.4. The summed E-state index contributed by atoms with van der Waals surface area (Å²) in [7, 11) is 1.09. The number of hydrogen-bond donors (Lipinski definition) is 0. The zero-order valence-corrected chi connectivity index (χ0v) is 46.9. The summed E-state index contributed by atoms with van der Waals surface area (Å²) in [6.45, 7) is 7.34. The third-order valence-electron chi connectivity index (χ3n) is 13.4. The van der Waals surface area contributed by atoms with Crippen molar-refractivity contribution in [3.05, 3.63) is 154 Å². The van der Waals surface area contributed by atoms with E-state index >= 15 is 4.79 Å². The molecule has 16 nitrogen and oxygen atoms in total. The van der Waals surface area contributed by atoms with Crippen molar-refractivity contribution >= 4 is 35.8 Å². The molecule has 5 aromatic rings. The minimum Gasteiger partial charge on any atom is -0.488 e. The van der Waals surface area contributed by atoms with Crippen LogP contribution < -0.4 is 18.9 Å². The third kappa shape index (κ3) is 19.3. The van der Waals surface area contributed by atoms with Gasteiger partial charge in [0.15, 0.2) is 18.3 Å². The van der Waals surface area contributed by atoms with Gasteiger partial charge in [0, 0.05) is 32.9 Å². The Labute approximate surface area is 469 Å². The molecule has 0 spiro atoms. The number of ether oxygens (including phenoxy) is 10. The Kier molecular flexibility index (Phi) is 24.9. The van der Waals surface area contributed by atoms with Gasteiger partial charge in [-0.25, -0.2) is 14.4 Å². The van der Waals surface area contributed by atoms with Gasteiger partial charge >= 0.3 is 35.8 Å². The van der Waals surface area contributed by atoms with E-state index in [1.165, 1.54) is 63.5 Å². The van der Waals surface area contributed by atoms with Crippen LogP contribution in [0.5, 0.6) is 23.0 Å². The monoisotopic (exact) mass is 1100 g/mol. The summed E-state index contributed by atoms with van der Waals surface area (Å²) in [5.74, 6) is -4.68. The Morgan fingerprint density at radius 3 is 1.48 bits per heavy atom. The van der Waals surface area contributed by atoms with Gasteiger partial charge in [-0.15, -0.1) is 0 Å². The number of unbranched alkanes of at least 4 members (excludes halogenated alkanes) is 12. The van der Waals surface area contributed by atoms with E-state index in [2.05, 4.69) is 6.92 Å². The Balaban J connectivity index is 1.38. The van der Waals surface area contributed by atoms with Crippen LogP contribution >= 0.6 is 0 Å². The molecule has 428 valence electrons. The largest absolute Gasteiger partial charge is 0.488 e. The smallest absolute Gasteiger partial charge is 0.347 e. The van der Waals surface area contributed by atoms with Crippen LogP contribution in [0.2, 0.25) is 0 Å². The van der Waals surface area contributed by atoms with Crippen LogP contribution in [-0.2, 0) is 73.8 Å². The van der Waals surface area contributed by atoms with Crippen molar-refractivity contribution in [3.8, 4) is 23.0 Å². The number of rotatable bonds is 31. The summed E-state index contributed by atoms with van der Waals surface area (Å²) in [6, 6.07) is 34.1. The highest BCUT2D eigenvalue weighted by Gasteiger charge is 2.56. The van der Waals surface area contributed by atoms with Crippen LogP contribution in [0.4, 0.5) is 0 Å². The Morgan fingerprint density at radius 1 is 0.500 bits per heavy atom. The van der Waals surface area contributed by atoms with Gasteiger partial charge in [-0.1, -0.05) is 175 Å². The SMILES string of the molecule is CCCCCCCCCCCCCCCc1cc(O[C@@H]2O[C@H](C(=O)OC)[C@@H](OC(C)=O)[C@H](OC(C)=O)[C@H]2OC(C)=O)cc(OCc2ccccc2)c1C(=O)Oc1cc(C)c(C(=O)OCc2ccccc2)c(OCc2ccccc2)c1. The van der Waals surface area contributed by atoms with Gasteiger partial charge in [-0.2, -0.15) is 0 Å². The fourth-order valence-electron chi connectivity index (χ4n) is 9.48. The second-order valence-corrected chi connectivity index (χ2v) is 19.8. The predicted octanol–water partition coefficient (Wildman–Crippen LogP) is 12.4. The first-order chi connectivity index (χ1) is 38.7. The van der Waals surface area contributed by atoms with Gasteiger partial charge < -0.3 is 47.4 Å². The molecule has 0 aliphatic carbocycles. The Bertz CT molecular complexity index is 2780. The van der Waals surface area contributed by atoms with Crippen molar-refractivity contribution in [2.24, 2.45) is 0 Å². The standard InChI is InChI=1S/C64H76O16/c1-7-8-9-10-11-12-13-14-15-16-17-18-28-35-50-37-52(79-64-60(77-46(5)67)58(76-45(4)66)57(75-44(3)65)59(80-64)63(70)71-6)39-54(73-41-48-31-24-20-25-32-48)56(50)62(69)78-51-36-43(2)55(61(68)74-42-49-33-26-21-27-34-49)53(38-51)72-40-47-29-22-19-23-30-47/h19-27,29-34,36-39,57-60,64H,7-18,28,35,40-42H2,1-6H3/t57-,58-,59-,60+,64+/m0/s1. The van der Waals surface area contributed by atoms with Crippen LogP contribution in [-0.4, -0.2) is 73.6 Å². The van der Waals surface area contributed by atoms with E-state index in [4.69, 9.17) is 47.4 Å². The second-order valence-electron chi connectivity index (χ2n) is 19.8. The second kappa shape index (κ2) is 32.4. The average molecular weight is 1100 g/mol. The van der Waals surface area contributed by atoms with E-state index in [1.807, 2.05) is 91.0 Å². The molecular weight excluding hydrogens is 1020 g/mol. The fraction of sp³-hybridized carbons (Fsp3) is 0.438. The van der Waals surface area contributed by atoms with E-state index < -0.39 is 66.5 Å². The fourth-order valence-corrected chi connectivity index (χ4v) is 9.48. The summed E-state index contributed by atoms with van der Waals surface area (Å²) < 4.78 is 59.3. The van der Waals surface area contributed by atoms with Gasteiger partial charge in [0.25, 0.3) is 0 Å². The van der Waals surface area contributed by atoms with Gasteiger partial charge in [-0.3, -0.25) is 14.4 Å². The van der Waals surface area contributed by atoms with E-state index in [9.17, 15) is 24.0 Å². The first kappa shape index (κ1) is 61.5. The van der Waals surface area contributed by atoms with Crippen LogP contribution in [0.15, 0.2) is 115 Å². The first-order valence-corrected chi connectivity index (χ1v) is 27.7. The van der Waals surface area contributed by atoms with Crippen molar-refractivity contribution in [1.82, 2.24) is 0 Å². The summed E-state index contributed by atoms with van der Waals surface area (Å²) in [6.07, 6.45) is 6.72. The number of benzene rings is 5. The lowest BCUT2D eigenvalue weighted by Gasteiger charge is -2.43. The lowest BCUT2D eigenvalue weighted by Crippen LogP contribution is -2.64. The Hall–Kier alpha value is -7.72. The van der Waals surface area contributed by atoms with Crippen molar-refractivity contribution in [2.45, 2.75) is 175 Å². The number of carbonyl (C=O) groups excluding carboxylic acids is 6. The van der Waals surface area contributed by atoms with Gasteiger partial charge in [0.05, 0.1) is 7.11 Å². The predicted molar refractivity (Wildman–Crippen MR) is 297 cm³/mol. The van der Waals surface area contributed by atoms with E-state index in [1.54, 1.807) is 19.1 Å². The molecule has 0 bridgehead atoms. The summed E-state index contributed by atoms with van der Waals surface area (Å²) in [5.41, 5.74) is 3.52. The number of methoxy groups -OCH3 is 1. The quantitative estimate of drug-likeness (QED) is 0.0176. The first-order valence-electron chi connectivity index (χ1n) is 27.7. The average Bonchev–Trinajstić information content (AvgIpc) is 3.48. The maximum Gasteiger partial charge on any atom is 0.347 e. The lowest BCUT2D eigenvalue weighted by molar-refractivity contribution is -0.282. The van der Waals surface area contributed by atoms with E-state index in [0.29, 0.717) is 24.0 Å². The maximum absolute atomic E-state index is 15.1. The molecule has 1 aliphatic rings. The molecule has 5 aromatic carbocycles. The molecule has 16 heteroatoms. The molecule has 1 saturated heterocycles. The molecule has 0 unspecified atom stereocenters. The lowest BCUT2D eigenvalue weighted by atomic mass is 9.97. The topological polar surface area (TPSA) is 195 Å². The van der Waals surface area contributed by atoms with Gasteiger partial charge in [0.1, 0.15) is 53.9 Å². The van der Waals surface area contributed by atoms with Crippen LogP contribution in [0.3, 0.4) is 0 Å². The normalized spacial score (nSPS) is 16.6. The van der Waals surface area contributed by atoms with Crippen molar-refractivity contribution < 1.29 is 76.1 Å². The number of carbonyl (C=O) groups is 6. The van der Waals surface area contributed by atoms with Crippen LogP contribution in [0.1, 0.15) is 160 Å². The summed E-state index contributed by atoms with van der Waals surface area (Å²) in [4.78, 5) is 80.1. The molecule has 0 radical (unpaired) electrons. The molecule has 0 saturated carbocycles. The van der Waals surface area contributed by atoms with Crippen LogP contribution in [0, 0.1) is 6.92 Å². The molecule has 0 N–H and O–H groups in total. The zero-order chi connectivity index (χ0) is 57.2. The van der Waals surface area contributed by atoms with Crippen molar-refractivity contribution in [2.75, 3.05) is 7.11 Å². The Morgan fingerprint density at radius 2 is 0.963 bits per heavy atom. The summed E-state index contributed by atoms with van der Waals surface area (Å²) in [5, 5.41) is 0. The molecular formula is C64H76O16. The molecule has 1 fully saturated rings. The summed E-state index contributed by atoms with van der Waals surface area (Å²) >= 11 is 0. The van der Waals surface area contributed by atoms with Crippen LogP contribution in [0.25, 0.3) is 0 Å². The minimum atomic E-state index is -1.72. The molecule has 80 heavy (non-hydrogen) atoms. The molecule has 1 aliphatic heterocycles. The number of aryl methyl sites for hydroxylation is 2. The molecule has 0 amide bonds. The number of hydrogen-bond acceptors (Lipinski definition) is 16. The van der Waals surface area contributed by atoms with Crippen molar-refractivity contribution in [1.29, 1.82) is 0 Å². The van der Waals surface area contributed by atoms with Gasteiger partial charge in [0.2, 0.25) is 12.4 Å². The van der Waals surface area contributed by atoms with Crippen molar-refractivity contribution in [3.63, 3.8) is 0 Å². The minimum absolute atomic E-state index is 0.00185. The van der Waals surface area contributed by atoms with E-state index in [0.717, 1.165) is 70.3 Å². The highest BCUT2D eigenvalue weighted by molar-refractivity contribution is 5.97. The van der Waals surface area contributed by atoms with E-state index in [-0.39, 0.29) is 53.9 Å². The highest BCUT2D eigenvalue weighted by Crippen LogP contribution is 2.38. The number of esters is 6.